The summed E-state index contributed by atoms with van der Waals surface area (Å²) in [5, 5.41) is 3.17. The molecule has 2 fully saturated rings. The van der Waals surface area contributed by atoms with Crippen LogP contribution in [0, 0.1) is 0 Å². The van der Waals surface area contributed by atoms with E-state index in [4.69, 9.17) is 0 Å². The summed E-state index contributed by atoms with van der Waals surface area (Å²) in [7, 11) is -3.11. The van der Waals surface area contributed by atoms with E-state index in [2.05, 4.69) is 5.32 Å². The highest BCUT2D eigenvalue weighted by Gasteiger charge is 2.31. The van der Waals surface area contributed by atoms with Gasteiger partial charge in [0.25, 0.3) is 0 Å². The van der Waals surface area contributed by atoms with Crippen molar-refractivity contribution in [2.24, 2.45) is 0 Å². The van der Waals surface area contributed by atoms with E-state index in [0.717, 1.165) is 19.4 Å². The number of sulfonamides is 1. The molecule has 0 bridgehead atoms. The van der Waals surface area contributed by atoms with Gasteiger partial charge in [0.05, 0.1) is 12.3 Å². The summed E-state index contributed by atoms with van der Waals surface area (Å²) in [5.74, 6) is 0.121. The molecular formula is C10H20ClN3O3S. The summed E-state index contributed by atoms with van der Waals surface area (Å²) in [6.07, 6.45) is 3.15. The van der Waals surface area contributed by atoms with Crippen LogP contribution in [-0.4, -0.2) is 68.6 Å². The molecule has 8 heteroatoms. The largest absolute Gasteiger partial charge is 0.339 e. The van der Waals surface area contributed by atoms with Crippen LogP contribution in [0.2, 0.25) is 0 Å². The minimum Gasteiger partial charge on any atom is -0.339 e. The lowest BCUT2D eigenvalue weighted by Gasteiger charge is -2.34. The van der Waals surface area contributed by atoms with Crippen LogP contribution in [0.4, 0.5) is 0 Å². The third kappa shape index (κ3) is 3.57. The van der Waals surface area contributed by atoms with Crippen molar-refractivity contribution in [2.45, 2.75) is 18.9 Å². The monoisotopic (exact) mass is 297 g/mol. The minimum absolute atomic E-state index is 0. The number of carbonyl (C=O) groups excluding carboxylic acids is 1. The molecule has 0 spiro atoms. The third-order valence-corrected chi connectivity index (χ3v) is 4.68. The number of hydrogen-bond donors (Lipinski definition) is 1. The Bertz CT molecular complexity index is 387. The van der Waals surface area contributed by atoms with Crippen molar-refractivity contribution >= 4 is 28.3 Å². The Morgan fingerprint density at radius 2 is 1.83 bits per heavy atom. The van der Waals surface area contributed by atoms with E-state index in [-0.39, 0.29) is 24.4 Å². The maximum atomic E-state index is 12.1. The first-order chi connectivity index (χ1) is 7.98. The molecule has 6 nitrogen and oxygen atoms in total. The number of nitrogens with zero attached hydrogens (tertiary/aromatic N) is 2. The fraction of sp³-hybridized carbons (Fsp3) is 0.900. The SMILES string of the molecule is CS(=O)(=O)N1CCN(C(=O)[C@@H]2CCCN2)CC1.Cl. The van der Waals surface area contributed by atoms with Gasteiger partial charge >= 0.3 is 0 Å². The van der Waals surface area contributed by atoms with Crippen molar-refractivity contribution in [2.75, 3.05) is 39.0 Å². The topological polar surface area (TPSA) is 69.7 Å². The minimum atomic E-state index is -3.11. The van der Waals surface area contributed by atoms with Crippen molar-refractivity contribution in [1.82, 2.24) is 14.5 Å². The Hall–Kier alpha value is -0.370. The zero-order valence-corrected chi connectivity index (χ0v) is 12.1. The molecule has 1 N–H and O–H groups in total. The van der Waals surface area contributed by atoms with E-state index < -0.39 is 10.0 Å². The van der Waals surface area contributed by atoms with E-state index >= 15 is 0 Å². The van der Waals surface area contributed by atoms with Crippen molar-refractivity contribution in [3.63, 3.8) is 0 Å². The van der Waals surface area contributed by atoms with Crippen LogP contribution in [0.3, 0.4) is 0 Å². The number of nitrogens with one attached hydrogen (secondary N) is 1. The predicted octanol–water partition coefficient (Wildman–Crippen LogP) is -0.736. The zero-order chi connectivity index (χ0) is 12.5. The Kier molecular flexibility index (Phi) is 5.39. The van der Waals surface area contributed by atoms with Crippen LogP contribution in [0.1, 0.15) is 12.8 Å². The van der Waals surface area contributed by atoms with Gasteiger partial charge in [0, 0.05) is 26.2 Å². The molecule has 2 saturated heterocycles. The number of halogens is 1. The molecule has 2 rings (SSSR count). The second kappa shape index (κ2) is 6.18. The number of amides is 1. The van der Waals surface area contributed by atoms with Crippen LogP contribution >= 0.6 is 12.4 Å². The second-order valence-electron chi connectivity index (χ2n) is 4.64. The Labute approximate surface area is 114 Å². The van der Waals surface area contributed by atoms with Gasteiger partial charge in [-0.05, 0) is 19.4 Å². The molecule has 0 radical (unpaired) electrons. The predicted molar refractivity (Wildman–Crippen MR) is 71.3 cm³/mol. The summed E-state index contributed by atoms with van der Waals surface area (Å²) in [5.41, 5.74) is 0. The van der Waals surface area contributed by atoms with Crippen LogP contribution in [0.15, 0.2) is 0 Å². The van der Waals surface area contributed by atoms with Gasteiger partial charge in [-0.1, -0.05) is 0 Å². The maximum Gasteiger partial charge on any atom is 0.239 e. The number of rotatable bonds is 2. The summed E-state index contributed by atoms with van der Waals surface area (Å²) in [6, 6.07) is -0.0558. The first kappa shape index (κ1) is 15.7. The van der Waals surface area contributed by atoms with Gasteiger partial charge in [0.15, 0.2) is 0 Å². The van der Waals surface area contributed by atoms with E-state index in [1.807, 2.05) is 0 Å². The van der Waals surface area contributed by atoms with E-state index in [1.54, 1.807) is 4.90 Å². The molecule has 2 heterocycles. The maximum absolute atomic E-state index is 12.1. The molecular weight excluding hydrogens is 278 g/mol. The molecule has 106 valence electrons. The number of carbonyl (C=O) groups is 1. The molecule has 0 aromatic heterocycles. The van der Waals surface area contributed by atoms with Crippen molar-refractivity contribution < 1.29 is 13.2 Å². The molecule has 18 heavy (non-hydrogen) atoms. The standard InChI is InChI=1S/C10H19N3O3S.ClH/c1-17(15,16)13-7-5-12(6-8-13)10(14)9-3-2-4-11-9;/h9,11H,2-8H2,1H3;1H/t9-;/m0./s1. The van der Waals surface area contributed by atoms with Crippen molar-refractivity contribution in [3.8, 4) is 0 Å². The Morgan fingerprint density at radius 3 is 2.28 bits per heavy atom. The average molecular weight is 298 g/mol. The highest BCUT2D eigenvalue weighted by atomic mass is 35.5. The zero-order valence-electron chi connectivity index (χ0n) is 10.5. The molecule has 2 aliphatic rings. The van der Waals surface area contributed by atoms with Crippen LogP contribution in [0.5, 0.6) is 0 Å². The lowest BCUT2D eigenvalue weighted by Crippen LogP contribution is -2.53. The summed E-state index contributed by atoms with van der Waals surface area (Å²) >= 11 is 0. The van der Waals surface area contributed by atoms with Crippen molar-refractivity contribution in [1.29, 1.82) is 0 Å². The average Bonchev–Trinajstić information content (AvgIpc) is 2.80. The lowest BCUT2D eigenvalue weighted by atomic mass is 10.2. The van der Waals surface area contributed by atoms with E-state index in [9.17, 15) is 13.2 Å². The quantitative estimate of drug-likeness (QED) is 0.729. The molecule has 0 saturated carbocycles. The van der Waals surface area contributed by atoms with Crippen LogP contribution in [0.25, 0.3) is 0 Å². The van der Waals surface area contributed by atoms with Gasteiger partial charge in [0.2, 0.25) is 15.9 Å². The summed E-state index contributed by atoms with van der Waals surface area (Å²) < 4.78 is 24.1. The van der Waals surface area contributed by atoms with E-state index in [0.29, 0.717) is 26.2 Å². The smallest absolute Gasteiger partial charge is 0.239 e. The number of piperazine rings is 1. The highest BCUT2D eigenvalue weighted by Crippen LogP contribution is 2.12. The van der Waals surface area contributed by atoms with Gasteiger partial charge in [-0.15, -0.1) is 12.4 Å². The molecule has 0 unspecified atom stereocenters. The molecule has 0 aromatic rings. The van der Waals surface area contributed by atoms with Gasteiger partial charge in [-0.2, -0.15) is 4.31 Å². The van der Waals surface area contributed by atoms with E-state index in [1.165, 1.54) is 10.6 Å². The van der Waals surface area contributed by atoms with Gasteiger partial charge < -0.3 is 10.2 Å². The third-order valence-electron chi connectivity index (χ3n) is 3.38. The Morgan fingerprint density at radius 1 is 1.22 bits per heavy atom. The molecule has 0 aromatic carbocycles. The van der Waals surface area contributed by atoms with Gasteiger partial charge in [0.1, 0.15) is 0 Å². The van der Waals surface area contributed by atoms with Crippen molar-refractivity contribution in [3.05, 3.63) is 0 Å². The molecule has 1 atom stereocenters. The van der Waals surface area contributed by atoms with Gasteiger partial charge in [-0.25, -0.2) is 8.42 Å². The van der Waals surface area contributed by atoms with Crippen LogP contribution < -0.4 is 5.32 Å². The molecule has 1 amide bonds. The first-order valence-electron chi connectivity index (χ1n) is 5.96. The number of hydrogen-bond acceptors (Lipinski definition) is 4. The molecule has 0 aliphatic carbocycles. The highest BCUT2D eigenvalue weighted by molar-refractivity contribution is 7.88. The Balaban J connectivity index is 0.00000162. The normalized spacial score (nSPS) is 25.8. The van der Waals surface area contributed by atoms with Crippen LogP contribution in [-0.2, 0) is 14.8 Å². The second-order valence-corrected chi connectivity index (χ2v) is 6.62. The summed E-state index contributed by atoms with van der Waals surface area (Å²) in [6.45, 7) is 2.74. The summed E-state index contributed by atoms with van der Waals surface area (Å²) in [4.78, 5) is 13.8. The van der Waals surface area contributed by atoms with Gasteiger partial charge in [-0.3, -0.25) is 4.79 Å². The fourth-order valence-electron chi connectivity index (χ4n) is 2.36. The first-order valence-corrected chi connectivity index (χ1v) is 7.80. The molecule has 2 aliphatic heterocycles. The fourth-order valence-corrected chi connectivity index (χ4v) is 3.18. The lowest BCUT2D eigenvalue weighted by molar-refractivity contribution is -0.134.